The molecule has 1 heterocycles. The highest BCUT2D eigenvalue weighted by atomic mass is 32.2. The molecular weight excluding hydrogens is 386 g/mol. The molecule has 0 N–H and O–H groups in total. The summed E-state index contributed by atoms with van der Waals surface area (Å²) < 4.78 is 33.1. The van der Waals surface area contributed by atoms with Gasteiger partial charge in [-0.15, -0.1) is 0 Å². The van der Waals surface area contributed by atoms with Crippen LogP contribution in [-0.4, -0.2) is 38.4 Å². The van der Waals surface area contributed by atoms with E-state index in [1.54, 1.807) is 12.1 Å². The molecule has 6 heteroatoms. The van der Waals surface area contributed by atoms with Crippen LogP contribution in [0.1, 0.15) is 32.1 Å². The van der Waals surface area contributed by atoms with Gasteiger partial charge in [-0.1, -0.05) is 42.5 Å². The van der Waals surface area contributed by atoms with Crippen molar-refractivity contribution >= 4 is 26.8 Å². The maximum atomic E-state index is 13.0. The summed E-state index contributed by atoms with van der Waals surface area (Å²) in [6, 6.07) is 12.9. The molecule has 1 fully saturated rings. The van der Waals surface area contributed by atoms with Gasteiger partial charge in [-0.3, -0.25) is 4.79 Å². The number of esters is 1. The van der Waals surface area contributed by atoms with Crippen LogP contribution in [-0.2, 0) is 19.6 Å². The maximum Gasteiger partial charge on any atom is 0.309 e. The molecule has 154 valence electrons. The fraction of sp³-hybridized carbons (Fsp3) is 0.435. The molecule has 0 amide bonds. The highest BCUT2D eigenvalue weighted by molar-refractivity contribution is 7.89. The van der Waals surface area contributed by atoms with E-state index in [1.165, 1.54) is 4.31 Å². The Morgan fingerprint density at radius 3 is 2.48 bits per heavy atom. The summed E-state index contributed by atoms with van der Waals surface area (Å²) in [7, 11) is -3.56. The molecule has 1 unspecified atom stereocenters. The number of rotatable bonds is 5. The Morgan fingerprint density at radius 2 is 1.76 bits per heavy atom. The first-order chi connectivity index (χ1) is 14.0. The van der Waals surface area contributed by atoms with E-state index in [1.807, 2.05) is 30.3 Å². The van der Waals surface area contributed by atoms with E-state index in [4.69, 9.17) is 4.74 Å². The number of ether oxygens (including phenoxy) is 1. The number of piperidine rings is 1. The van der Waals surface area contributed by atoms with E-state index in [2.05, 4.69) is 12.2 Å². The average Bonchev–Trinajstić information content (AvgIpc) is 2.78. The molecule has 5 nitrogen and oxygen atoms in total. The van der Waals surface area contributed by atoms with Crippen molar-refractivity contribution in [1.82, 2.24) is 4.31 Å². The third-order valence-corrected chi connectivity index (χ3v) is 7.88. The first kappa shape index (κ1) is 20.1. The summed E-state index contributed by atoms with van der Waals surface area (Å²) in [5.74, 6) is 0.0248. The van der Waals surface area contributed by atoms with E-state index in [0.717, 1.165) is 30.0 Å². The van der Waals surface area contributed by atoms with Crippen molar-refractivity contribution in [3.05, 3.63) is 54.6 Å². The number of carbonyl (C=O) groups is 1. The zero-order chi connectivity index (χ0) is 20.3. The third-order valence-electron chi connectivity index (χ3n) is 5.98. The van der Waals surface area contributed by atoms with Crippen LogP contribution in [0, 0.1) is 11.8 Å². The molecule has 0 bridgehead atoms. The summed E-state index contributed by atoms with van der Waals surface area (Å²) in [6.07, 6.45) is 8.42. The smallest absolute Gasteiger partial charge is 0.309 e. The number of benzene rings is 2. The monoisotopic (exact) mass is 413 g/mol. The Kier molecular flexibility index (Phi) is 6.01. The first-order valence-corrected chi connectivity index (χ1v) is 11.8. The van der Waals surface area contributed by atoms with E-state index in [-0.39, 0.29) is 11.9 Å². The van der Waals surface area contributed by atoms with Crippen molar-refractivity contribution in [3.63, 3.8) is 0 Å². The van der Waals surface area contributed by atoms with Crippen molar-refractivity contribution in [2.45, 2.75) is 37.0 Å². The molecule has 0 spiro atoms. The van der Waals surface area contributed by atoms with Crippen LogP contribution in [0.15, 0.2) is 59.5 Å². The number of sulfonamides is 1. The molecule has 1 atom stereocenters. The van der Waals surface area contributed by atoms with Gasteiger partial charge in [0.05, 0.1) is 17.4 Å². The Bertz CT molecular complexity index is 1010. The number of allylic oxidation sites excluding steroid dienone is 2. The number of carbonyl (C=O) groups excluding carboxylic acids is 1. The number of nitrogens with zero attached hydrogens (tertiary/aromatic N) is 1. The summed E-state index contributed by atoms with van der Waals surface area (Å²) in [5, 5.41) is 1.92. The standard InChI is InChI=1S/C23H27NO4S/c25-23(28-17-18-6-2-1-3-7-18)20-12-14-24(15-13-20)29(26,27)22-11-10-19-8-4-5-9-21(19)16-22/h1-2,4-5,8-11,16,18,20H,3,6-7,12-15,17H2. The second kappa shape index (κ2) is 8.67. The van der Waals surface area contributed by atoms with Gasteiger partial charge >= 0.3 is 5.97 Å². The molecular formula is C23H27NO4S. The largest absolute Gasteiger partial charge is 0.465 e. The second-order valence-electron chi connectivity index (χ2n) is 7.97. The molecule has 0 radical (unpaired) electrons. The van der Waals surface area contributed by atoms with Gasteiger partial charge in [0.1, 0.15) is 0 Å². The zero-order valence-corrected chi connectivity index (χ0v) is 17.3. The van der Waals surface area contributed by atoms with Crippen LogP contribution in [0.25, 0.3) is 10.8 Å². The van der Waals surface area contributed by atoms with E-state index in [0.29, 0.717) is 43.4 Å². The van der Waals surface area contributed by atoms with Crippen LogP contribution >= 0.6 is 0 Å². The van der Waals surface area contributed by atoms with Crippen molar-refractivity contribution in [2.24, 2.45) is 11.8 Å². The predicted molar refractivity (Wildman–Crippen MR) is 113 cm³/mol. The SMILES string of the molecule is O=C(OCC1CC=CCC1)C1CCN(S(=O)(=O)c2ccc3ccccc3c2)CC1. The summed E-state index contributed by atoms with van der Waals surface area (Å²) in [4.78, 5) is 12.7. The Morgan fingerprint density at radius 1 is 1.00 bits per heavy atom. The molecule has 2 aromatic rings. The van der Waals surface area contributed by atoms with Gasteiger partial charge in [-0.2, -0.15) is 4.31 Å². The van der Waals surface area contributed by atoms with Crippen molar-refractivity contribution in [1.29, 1.82) is 0 Å². The van der Waals surface area contributed by atoms with Crippen LogP contribution in [0.3, 0.4) is 0 Å². The van der Waals surface area contributed by atoms with E-state index >= 15 is 0 Å². The quantitative estimate of drug-likeness (QED) is 0.546. The fourth-order valence-electron chi connectivity index (χ4n) is 4.13. The number of hydrogen-bond acceptors (Lipinski definition) is 4. The Balaban J connectivity index is 1.35. The highest BCUT2D eigenvalue weighted by Gasteiger charge is 2.33. The van der Waals surface area contributed by atoms with Gasteiger partial charge in [0.2, 0.25) is 10.0 Å². The van der Waals surface area contributed by atoms with Gasteiger partial charge in [-0.05, 0) is 60.9 Å². The topological polar surface area (TPSA) is 63.7 Å². The summed E-state index contributed by atoms with van der Waals surface area (Å²) in [5.41, 5.74) is 0. The van der Waals surface area contributed by atoms with Gasteiger partial charge < -0.3 is 4.74 Å². The fourth-order valence-corrected chi connectivity index (χ4v) is 5.64. The van der Waals surface area contributed by atoms with Crippen molar-refractivity contribution < 1.29 is 17.9 Å². The van der Waals surface area contributed by atoms with Crippen LogP contribution < -0.4 is 0 Å². The lowest BCUT2D eigenvalue weighted by Crippen LogP contribution is -2.40. The van der Waals surface area contributed by atoms with Crippen LogP contribution in [0.5, 0.6) is 0 Å². The average molecular weight is 414 g/mol. The molecule has 1 saturated heterocycles. The summed E-state index contributed by atoms with van der Waals surface area (Å²) in [6.45, 7) is 1.17. The minimum absolute atomic E-state index is 0.178. The minimum atomic E-state index is -3.56. The van der Waals surface area contributed by atoms with Gasteiger partial charge in [0, 0.05) is 13.1 Å². The lowest BCUT2D eigenvalue weighted by atomic mass is 9.95. The zero-order valence-electron chi connectivity index (χ0n) is 16.5. The Hall–Kier alpha value is -2.18. The minimum Gasteiger partial charge on any atom is -0.465 e. The lowest BCUT2D eigenvalue weighted by Gasteiger charge is -2.30. The first-order valence-electron chi connectivity index (χ1n) is 10.3. The van der Waals surface area contributed by atoms with Crippen LogP contribution in [0.2, 0.25) is 0 Å². The third kappa shape index (κ3) is 4.54. The normalized spacial score (nSPS) is 21.3. The molecule has 1 aliphatic heterocycles. The molecule has 2 aliphatic rings. The Labute approximate surface area is 172 Å². The van der Waals surface area contributed by atoms with E-state index < -0.39 is 10.0 Å². The highest BCUT2D eigenvalue weighted by Crippen LogP contribution is 2.27. The second-order valence-corrected chi connectivity index (χ2v) is 9.91. The molecule has 4 rings (SSSR count). The molecule has 29 heavy (non-hydrogen) atoms. The number of fused-ring (bicyclic) bond motifs is 1. The van der Waals surface area contributed by atoms with Gasteiger partial charge in [0.15, 0.2) is 0 Å². The molecule has 1 aliphatic carbocycles. The van der Waals surface area contributed by atoms with Crippen LogP contribution in [0.4, 0.5) is 0 Å². The maximum absolute atomic E-state index is 13.0. The van der Waals surface area contributed by atoms with Crippen molar-refractivity contribution in [3.8, 4) is 0 Å². The molecule has 0 saturated carbocycles. The number of hydrogen-bond donors (Lipinski definition) is 0. The summed E-state index contributed by atoms with van der Waals surface area (Å²) >= 11 is 0. The van der Waals surface area contributed by atoms with Gasteiger partial charge in [0.25, 0.3) is 0 Å². The van der Waals surface area contributed by atoms with E-state index in [9.17, 15) is 13.2 Å². The molecule has 0 aromatic heterocycles. The predicted octanol–water partition coefficient (Wildman–Crippen LogP) is 4.14. The van der Waals surface area contributed by atoms with Crippen molar-refractivity contribution in [2.75, 3.05) is 19.7 Å². The molecule has 2 aromatic carbocycles. The van der Waals surface area contributed by atoms with Gasteiger partial charge in [-0.25, -0.2) is 8.42 Å². The lowest BCUT2D eigenvalue weighted by molar-refractivity contribution is -0.151.